The molecule has 1 heterocycles. The van der Waals surface area contributed by atoms with Gasteiger partial charge in [0.2, 0.25) is 0 Å². The summed E-state index contributed by atoms with van der Waals surface area (Å²) < 4.78 is 5.86. The lowest BCUT2D eigenvalue weighted by Crippen LogP contribution is -2.35. The van der Waals surface area contributed by atoms with Crippen LogP contribution in [-0.2, 0) is 4.74 Å². The number of hydrogen-bond acceptors (Lipinski definition) is 2. The average molecular weight is 206 g/mol. The smallest absolute Gasteiger partial charge is 0.0865 e. The van der Waals surface area contributed by atoms with E-state index < -0.39 is 5.60 Å². The molecule has 15 heavy (non-hydrogen) atoms. The Morgan fingerprint density at radius 1 is 1.20 bits per heavy atom. The summed E-state index contributed by atoms with van der Waals surface area (Å²) in [6.45, 7) is 3.62. The minimum absolute atomic E-state index is 0.0392. The van der Waals surface area contributed by atoms with Gasteiger partial charge >= 0.3 is 0 Å². The summed E-state index contributed by atoms with van der Waals surface area (Å²) in [6, 6.07) is 10.2. The molecule has 82 valence electrons. The third-order valence-electron chi connectivity index (χ3n) is 2.98. The van der Waals surface area contributed by atoms with Crippen LogP contribution in [-0.4, -0.2) is 16.8 Å². The van der Waals surface area contributed by atoms with Gasteiger partial charge in [0.15, 0.2) is 0 Å². The molecule has 0 unspecified atom stereocenters. The zero-order valence-corrected chi connectivity index (χ0v) is 9.31. The summed E-state index contributed by atoms with van der Waals surface area (Å²) in [4.78, 5) is 0. The highest BCUT2D eigenvalue weighted by molar-refractivity contribution is 5.18. The van der Waals surface area contributed by atoms with E-state index in [9.17, 15) is 5.11 Å². The highest BCUT2D eigenvalue weighted by atomic mass is 16.5. The maximum Gasteiger partial charge on any atom is 0.0865 e. The van der Waals surface area contributed by atoms with Crippen LogP contribution in [0.4, 0.5) is 0 Å². The third-order valence-corrected chi connectivity index (χ3v) is 2.98. The topological polar surface area (TPSA) is 29.5 Å². The molecule has 0 aromatic heterocycles. The highest BCUT2D eigenvalue weighted by Gasteiger charge is 2.35. The monoisotopic (exact) mass is 206 g/mol. The minimum Gasteiger partial charge on any atom is -0.388 e. The summed E-state index contributed by atoms with van der Waals surface area (Å²) in [5.41, 5.74) is 0.480. The van der Waals surface area contributed by atoms with Crippen molar-refractivity contribution in [2.45, 2.75) is 44.5 Å². The standard InChI is InChI=1S/C13H18O2/c1-13(2,14)12-9-8-11(15-12)10-6-4-3-5-7-10/h3-7,11-12,14H,8-9H2,1-2H3/t11-,12+/m1/s1. The SMILES string of the molecule is CC(C)(O)[C@@H]1CC[C@H](c2ccccc2)O1. The van der Waals surface area contributed by atoms with E-state index in [1.807, 2.05) is 32.0 Å². The van der Waals surface area contributed by atoms with Gasteiger partial charge in [-0.15, -0.1) is 0 Å². The Morgan fingerprint density at radius 3 is 2.40 bits per heavy atom. The zero-order chi connectivity index (χ0) is 10.9. The molecular weight excluding hydrogens is 188 g/mol. The summed E-state index contributed by atoms with van der Waals surface area (Å²) >= 11 is 0. The molecule has 1 N–H and O–H groups in total. The lowest BCUT2D eigenvalue weighted by Gasteiger charge is -2.25. The Balaban J connectivity index is 2.05. The van der Waals surface area contributed by atoms with E-state index in [1.54, 1.807) is 0 Å². The lowest BCUT2D eigenvalue weighted by atomic mass is 9.98. The van der Waals surface area contributed by atoms with Gasteiger partial charge in [0, 0.05) is 0 Å². The Kier molecular flexibility index (Phi) is 2.81. The molecular formula is C13H18O2. The van der Waals surface area contributed by atoms with E-state index >= 15 is 0 Å². The Morgan fingerprint density at radius 2 is 1.87 bits per heavy atom. The fraction of sp³-hybridized carbons (Fsp3) is 0.538. The molecule has 1 fully saturated rings. The Labute approximate surface area is 90.9 Å². The number of benzene rings is 1. The molecule has 1 aliphatic heterocycles. The van der Waals surface area contributed by atoms with Gasteiger partial charge in [0.05, 0.1) is 17.8 Å². The van der Waals surface area contributed by atoms with Crippen LogP contribution in [0.2, 0.25) is 0 Å². The molecule has 0 spiro atoms. The van der Waals surface area contributed by atoms with E-state index in [2.05, 4.69) is 12.1 Å². The fourth-order valence-electron chi connectivity index (χ4n) is 2.07. The molecule has 0 radical (unpaired) electrons. The molecule has 2 atom stereocenters. The van der Waals surface area contributed by atoms with Crippen LogP contribution in [0.15, 0.2) is 30.3 Å². The van der Waals surface area contributed by atoms with Gasteiger partial charge in [0.1, 0.15) is 0 Å². The quantitative estimate of drug-likeness (QED) is 0.806. The predicted octanol–water partition coefficient (Wildman–Crippen LogP) is 2.68. The number of aliphatic hydroxyl groups is 1. The maximum atomic E-state index is 9.86. The van der Waals surface area contributed by atoms with E-state index in [0.717, 1.165) is 12.8 Å². The van der Waals surface area contributed by atoms with Crippen LogP contribution in [0.1, 0.15) is 38.4 Å². The van der Waals surface area contributed by atoms with Crippen LogP contribution in [0.5, 0.6) is 0 Å². The average Bonchev–Trinajstić information content (AvgIpc) is 2.67. The second kappa shape index (κ2) is 3.95. The van der Waals surface area contributed by atoms with Gasteiger partial charge in [-0.25, -0.2) is 0 Å². The second-order valence-corrected chi connectivity index (χ2v) is 4.76. The summed E-state index contributed by atoms with van der Waals surface area (Å²) in [5.74, 6) is 0. The molecule has 2 heteroatoms. The van der Waals surface area contributed by atoms with Crippen molar-refractivity contribution >= 4 is 0 Å². The van der Waals surface area contributed by atoms with E-state index in [0.29, 0.717) is 0 Å². The molecule has 2 rings (SSSR count). The molecule has 1 aromatic rings. The van der Waals surface area contributed by atoms with E-state index in [1.165, 1.54) is 5.56 Å². The van der Waals surface area contributed by atoms with Crippen LogP contribution >= 0.6 is 0 Å². The van der Waals surface area contributed by atoms with Gasteiger partial charge in [-0.2, -0.15) is 0 Å². The molecule has 0 aliphatic carbocycles. The highest BCUT2D eigenvalue weighted by Crippen LogP contribution is 2.36. The van der Waals surface area contributed by atoms with Gasteiger partial charge in [-0.05, 0) is 32.3 Å². The van der Waals surface area contributed by atoms with Gasteiger partial charge in [-0.1, -0.05) is 30.3 Å². The van der Waals surface area contributed by atoms with Gasteiger partial charge in [0.25, 0.3) is 0 Å². The lowest BCUT2D eigenvalue weighted by molar-refractivity contribution is -0.0834. The van der Waals surface area contributed by atoms with Crippen molar-refractivity contribution in [2.75, 3.05) is 0 Å². The number of hydrogen-bond donors (Lipinski definition) is 1. The first kappa shape index (κ1) is 10.7. The molecule has 1 saturated heterocycles. The summed E-state index contributed by atoms with van der Waals surface area (Å²) in [5, 5.41) is 9.86. The Bertz CT molecular complexity index is 313. The maximum absolute atomic E-state index is 9.86. The van der Waals surface area contributed by atoms with E-state index in [4.69, 9.17) is 4.74 Å². The first-order chi connectivity index (χ1) is 7.07. The first-order valence-corrected chi connectivity index (χ1v) is 5.50. The van der Waals surface area contributed by atoms with Crippen molar-refractivity contribution in [3.63, 3.8) is 0 Å². The normalized spacial score (nSPS) is 26.9. The zero-order valence-electron chi connectivity index (χ0n) is 9.31. The van der Waals surface area contributed by atoms with Crippen molar-refractivity contribution < 1.29 is 9.84 Å². The van der Waals surface area contributed by atoms with Gasteiger partial charge in [-0.3, -0.25) is 0 Å². The van der Waals surface area contributed by atoms with Gasteiger partial charge < -0.3 is 9.84 Å². The number of ether oxygens (including phenoxy) is 1. The van der Waals surface area contributed by atoms with Crippen LogP contribution in [0.3, 0.4) is 0 Å². The van der Waals surface area contributed by atoms with Crippen molar-refractivity contribution in [1.82, 2.24) is 0 Å². The van der Waals surface area contributed by atoms with Crippen molar-refractivity contribution in [1.29, 1.82) is 0 Å². The largest absolute Gasteiger partial charge is 0.388 e. The summed E-state index contributed by atoms with van der Waals surface area (Å²) in [7, 11) is 0. The third kappa shape index (κ3) is 2.39. The predicted molar refractivity (Wildman–Crippen MR) is 59.6 cm³/mol. The number of rotatable bonds is 2. The molecule has 1 aliphatic rings. The Hall–Kier alpha value is -0.860. The van der Waals surface area contributed by atoms with Crippen LogP contribution in [0.25, 0.3) is 0 Å². The van der Waals surface area contributed by atoms with Crippen molar-refractivity contribution in [3.8, 4) is 0 Å². The second-order valence-electron chi connectivity index (χ2n) is 4.76. The molecule has 0 saturated carbocycles. The van der Waals surface area contributed by atoms with Crippen LogP contribution in [0, 0.1) is 0 Å². The summed E-state index contributed by atoms with van der Waals surface area (Å²) in [6.07, 6.45) is 2.05. The van der Waals surface area contributed by atoms with Crippen molar-refractivity contribution in [3.05, 3.63) is 35.9 Å². The van der Waals surface area contributed by atoms with Crippen molar-refractivity contribution in [2.24, 2.45) is 0 Å². The molecule has 1 aromatic carbocycles. The molecule has 0 amide bonds. The van der Waals surface area contributed by atoms with Crippen LogP contribution < -0.4 is 0 Å². The van der Waals surface area contributed by atoms with E-state index in [-0.39, 0.29) is 12.2 Å². The fourth-order valence-corrected chi connectivity index (χ4v) is 2.07. The first-order valence-electron chi connectivity index (χ1n) is 5.50. The molecule has 2 nitrogen and oxygen atoms in total. The molecule has 0 bridgehead atoms. The minimum atomic E-state index is -0.733.